The van der Waals surface area contributed by atoms with E-state index >= 15 is 0 Å². The van der Waals surface area contributed by atoms with Gasteiger partial charge < -0.3 is 10.2 Å². The standard InChI is InChI=1S/C13H19N3O2S/c1-8-11(17)15-10(13(2,3)4)12(18)16(8)5-9-6-19-7-14-9/h6-8,10H,5H2,1-4H3,(H,15,17). The van der Waals surface area contributed by atoms with Gasteiger partial charge in [-0.1, -0.05) is 20.8 Å². The lowest BCUT2D eigenvalue weighted by atomic mass is 9.84. The van der Waals surface area contributed by atoms with Crippen LogP contribution in [0.25, 0.3) is 0 Å². The number of amides is 2. The van der Waals surface area contributed by atoms with Gasteiger partial charge in [0.05, 0.1) is 17.7 Å². The zero-order valence-corrected chi connectivity index (χ0v) is 12.5. The minimum absolute atomic E-state index is 0.0346. The number of piperazine rings is 1. The summed E-state index contributed by atoms with van der Waals surface area (Å²) in [5.74, 6) is -0.137. The fourth-order valence-corrected chi connectivity index (χ4v) is 2.66. The van der Waals surface area contributed by atoms with Gasteiger partial charge in [0.25, 0.3) is 0 Å². The van der Waals surface area contributed by atoms with Crippen LogP contribution in [-0.4, -0.2) is 33.8 Å². The molecule has 0 bridgehead atoms. The van der Waals surface area contributed by atoms with Crippen molar-refractivity contribution < 1.29 is 9.59 Å². The molecule has 19 heavy (non-hydrogen) atoms. The first-order valence-corrected chi connectivity index (χ1v) is 7.23. The first-order chi connectivity index (χ1) is 8.80. The Labute approximate surface area is 117 Å². The molecular weight excluding hydrogens is 262 g/mol. The van der Waals surface area contributed by atoms with Crippen LogP contribution in [-0.2, 0) is 16.1 Å². The predicted octanol–water partition coefficient (Wildman–Crippen LogP) is 1.40. The SMILES string of the molecule is CC1C(=O)NC(C(C)(C)C)C(=O)N1Cc1cscn1. The van der Waals surface area contributed by atoms with E-state index in [1.807, 2.05) is 26.2 Å². The molecule has 0 saturated carbocycles. The van der Waals surface area contributed by atoms with E-state index in [0.717, 1.165) is 5.69 Å². The van der Waals surface area contributed by atoms with Gasteiger partial charge in [0.1, 0.15) is 12.1 Å². The fraction of sp³-hybridized carbons (Fsp3) is 0.615. The van der Waals surface area contributed by atoms with Crippen molar-refractivity contribution in [2.75, 3.05) is 0 Å². The quantitative estimate of drug-likeness (QED) is 0.891. The summed E-state index contributed by atoms with van der Waals surface area (Å²) in [5.41, 5.74) is 2.26. The molecule has 2 rings (SSSR count). The number of nitrogens with zero attached hydrogens (tertiary/aromatic N) is 2. The molecule has 1 aromatic rings. The van der Waals surface area contributed by atoms with Crippen LogP contribution in [0, 0.1) is 5.41 Å². The first-order valence-electron chi connectivity index (χ1n) is 6.28. The molecular formula is C13H19N3O2S. The summed E-state index contributed by atoms with van der Waals surface area (Å²) in [7, 11) is 0. The number of rotatable bonds is 2. The van der Waals surface area contributed by atoms with Crippen molar-refractivity contribution in [3.05, 3.63) is 16.6 Å². The maximum absolute atomic E-state index is 12.5. The normalized spacial score (nSPS) is 24.5. The Balaban J connectivity index is 2.24. The zero-order valence-electron chi connectivity index (χ0n) is 11.6. The molecule has 1 aromatic heterocycles. The Bertz CT molecular complexity index is 479. The second kappa shape index (κ2) is 4.92. The molecule has 5 nitrogen and oxygen atoms in total. The highest BCUT2D eigenvalue weighted by Crippen LogP contribution is 2.26. The highest BCUT2D eigenvalue weighted by atomic mass is 32.1. The number of carbonyl (C=O) groups excluding carboxylic acids is 2. The van der Waals surface area contributed by atoms with Gasteiger partial charge in [-0.05, 0) is 12.3 Å². The van der Waals surface area contributed by atoms with Gasteiger partial charge in [-0.2, -0.15) is 0 Å². The van der Waals surface area contributed by atoms with Crippen LogP contribution in [0.3, 0.4) is 0 Å². The van der Waals surface area contributed by atoms with Gasteiger partial charge in [-0.3, -0.25) is 9.59 Å². The molecule has 104 valence electrons. The van der Waals surface area contributed by atoms with Crippen LogP contribution in [0.4, 0.5) is 0 Å². The monoisotopic (exact) mass is 281 g/mol. The fourth-order valence-electron chi connectivity index (χ4n) is 2.11. The molecule has 2 amide bonds. The lowest BCUT2D eigenvalue weighted by Gasteiger charge is -2.42. The molecule has 0 radical (unpaired) electrons. The number of nitrogens with one attached hydrogen (secondary N) is 1. The number of thiazole rings is 1. The number of hydrogen-bond donors (Lipinski definition) is 1. The Morgan fingerprint density at radius 1 is 1.42 bits per heavy atom. The summed E-state index contributed by atoms with van der Waals surface area (Å²) >= 11 is 1.49. The molecule has 1 saturated heterocycles. The lowest BCUT2D eigenvalue weighted by Crippen LogP contribution is -2.65. The molecule has 6 heteroatoms. The molecule has 1 aliphatic heterocycles. The summed E-state index contributed by atoms with van der Waals surface area (Å²) in [5, 5.41) is 4.72. The average molecular weight is 281 g/mol. The summed E-state index contributed by atoms with van der Waals surface area (Å²) in [6, 6.07) is -0.928. The van der Waals surface area contributed by atoms with Crippen LogP contribution in [0.1, 0.15) is 33.4 Å². The zero-order chi connectivity index (χ0) is 14.2. The topological polar surface area (TPSA) is 62.3 Å². The van der Waals surface area contributed by atoms with Crippen molar-refractivity contribution in [2.45, 2.75) is 46.3 Å². The lowest BCUT2D eigenvalue weighted by molar-refractivity contribution is -0.152. The van der Waals surface area contributed by atoms with Crippen LogP contribution in [0.5, 0.6) is 0 Å². The maximum Gasteiger partial charge on any atom is 0.246 e. The molecule has 1 N–H and O–H groups in total. The van der Waals surface area contributed by atoms with E-state index < -0.39 is 12.1 Å². The van der Waals surface area contributed by atoms with E-state index in [2.05, 4.69) is 10.3 Å². The van der Waals surface area contributed by atoms with Gasteiger partial charge in [-0.25, -0.2) is 4.98 Å². The molecule has 2 unspecified atom stereocenters. The third-order valence-electron chi connectivity index (χ3n) is 3.35. The van der Waals surface area contributed by atoms with Gasteiger partial charge in [-0.15, -0.1) is 11.3 Å². The highest BCUT2D eigenvalue weighted by Gasteiger charge is 2.43. The van der Waals surface area contributed by atoms with Crippen molar-refractivity contribution in [1.29, 1.82) is 0 Å². The third-order valence-corrected chi connectivity index (χ3v) is 3.98. The largest absolute Gasteiger partial charge is 0.342 e. The smallest absolute Gasteiger partial charge is 0.246 e. The number of hydrogen-bond acceptors (Lipinski definition) is 4. The van der Waals surface area contributed by atoms with Crippen molar-refractivity contribution in [3.8, 4) is 0 Å². The molecule has 0 aromatic carbocycles. The number of carbonyl (C=O) groups is 2. The third kappa shape index (κ3) is 2.78. The van der Waals surface area contributed by atoms with Crippen molar-refractivity contribution in [2.24, 2.45) is 5.41 Å². The van der Waals surface area contributed by atoms with Crippen molar-refractivity contribution in [3.63, 3.8) is 0 Å². The molecule has 0 aliphatic carbocycles. The highest BCUT2D eigenvalue weighted by molar-refractivity contribution is 7.07. The van der Waals surface area contributed by atoms with Gasteiger partial charge >= 0.3 is 0 Å². The van der Waals surface area contributed by atoms with Crippen LogP contribution >= 0.6 is 11.3 Å². The van der Waals surface area contributed by atoms with Crippen LogP contribution < -0.4 is 5.32 Å². The number of aromatic nitrogens is 1. The second-order valence-electron chi connectivity index (χ2n) is 5.93. The van der Waals surface area contributed by atoms with E-state index in [1.54, 1.807) is 17.3 Å². The van der Waals surface area contributed by atoms with Gasteiger partial charge in [0.15, 0.2) is 0 Å². The van der Waals surface area contributed by atoms with Crippen LogP contribution in [0.15, 0.2) is 10.9 Å². The minimum Gasteiger partial charge on any atom is -0.342 e. The minimum atomic E-state index is -0.477. The molecule has 0 spiro atoms. The Morgan fingerprint density at radius 3 is 2.63 bits per heavy atom. The van der Waals surface area contributed by atoms with Gasteiger partial charge in [0, 0.05) is 5.38 Å². The second-order valence-corrected chi connectivity index (χ2v) is 6.65. The van der Waals surface area contributed by atoms with E-state index in [4.69, 9.17) is 0 Å². The Kier molecular flexibility index (Phi) is 3.62. The Morgan fingerprint density at radius 2 is 2.11 bits per heavy atom. The first kappa shape index (κ1) is 14.0. The Hall–Kier alpha value is -1.43. The summed E-state index contributed by atoms with van der Waals surface area (Å²) in [4.78, 5) is 30.4. The van der Waals surface area contributed by atoms with E-state index in [9.17, 15) is 9.59 Å². The summed E-state index contributed by atoms with van der Waals surface area (Å²) < 4.78 is 0. The average Bonchev–Trinajstić information content (AvgIpc) is 2.80. The molecule has 1 fully saturated rings. The van der Waals surface area contributed by atoms with Gasteiger partial charge in [0.2, 0.25) is 11.8 Å². The summed E-state index contributed by atoms with van der Waals surface area (Å²) in [6.07, 6.45) is 0. The van der Waals surface area contributed by atoms with Crippen molar-refractivity contribution >= 4 is 23.2 Å². The van der Waals surface area contributed by atoms with Crippen LogP contribution in [0.2, 0.25) is 0 Å². The maximum atomic E-state index is 12.5. The molecule has 2 atom stereocenters. The van der Waals surface area contributed by atoms with E-state index in [0.29, 0.717) is 6.54 Å². The van der Waals surface area contributed by atoms with E-state index in [-0.39, 0.29) is 17.2 Å². The summed E-state index contributed by atoms with van der Waals surface area (Å²) in [6.45, 7) is 7.99. The predicted molar refractivity (Wildman–Crippen MR) is 73.5 cm³/mol. The van der Waals surface area contributed by atoms with E-state index in [1.165, 1.54) is 11.3 Å². The molecule has 1 aliphatic rings. The molecule has 2 heterocycles. The van der Waals surface area contributed by atoms with Crippen molar-refractivity contribution in [1.82, 2.24) is 15.2 Å².